The van der Waals surface area contributed by atoms with Gasteiger partial charge >= 0.3 is 5.97 Å². The molecule has 0 spiro atoms. The molecule has 0 radical (unpaired) electrons. The molecule has 0 unspecified atom stereocenters. The molecule has 33 heavy (non-hydrogen) atoms. The predicted molar refractivity (Wildman–Crippen MR) is 127 cm³/mol. The second-order valence-electron chi connectivity index (χ2n) is 7.97. The molecule has 0 atom stereocenters. The number of aromatic nitrogens is 1. The van der Waals surface area contributed by atoms with E-state index in [-0.39, 0.29) is 36.5 Å². The molecule has 0 N–H and O–H groups in total. The van der Waals surface area contributed by atoms with Crippen molar-refractivity contribution in [2.45, 2.75) is 31.3 Å². The predicted octanol–water partition coefficient (Wildman–Crippen LogP) is 4.27. The highest BCUT2D eigenvalue weighted by Crippen LogP contribution is 2.27. The van der Waals surface area contributed by atoms with E-state index in [4.69, 9.17) is 9.47 Å². The Balaban J connectivity index is 1.29. The Morgan fingerprint density at radius 2 is 1.76 bits per heavy atom. The number of carbonyl (C=O) groups excluding carboxylic acids is 1. The van der Waals surface area contributed by atoms with Gasteiger partial charge in [-0.05, 0) is 44.0 Å². The number of sulfonamides is 1. The summed E-state index contributed by atoms with van der Waals surface area (Å²) in [7, 11) is -2.07. The lowest BCUT2D eigenvalue weighted by Crippen LogP contribution is -2.40. The molecule has 2 heterocycles. The summed E-state index contributed by atoms with van der Waals surface area (Å²) in [6.07, 6.45) is 0.861. The van der Waals surface area contributed by atoms with Crippen molar-refractivity contribution in [3.8, 4) is 16.3 Å². The van der Waals surface area contributed by atoms with Crippen LogP contribution < -0.4 is 4.74 Å². The van der Waals surface area contributed by atoms with E-state index in [9.17, 15) is 13.2 Å². The summed E-state index contributed by atoms with van der Waals surface area (Å²) in [5, 5.41) is 2.78. The third-order valence-corrected chi connectivity index (χ3v) is 8.55. The maximum Gasteiger partial charge on any atom is 0.309 e. The number of hydrogen-bond acceptors (Lipinski definition) is 7. The number of esters is 1. The molecule has 3 aromatic rings. The molecule has 4 rings (SSSR count). The van der Waals surface area contributed by atoms with Crippen molar-refractivity contribution in [2.24, 2.45) is 5.92 Å². The van der Waals surface area contributed by atoms with E-state index < -0.39 is 10.0 Å². The standard InChI is InChI=1S/C24H26N2O5S2/c1-17-3-5-18(6-4-17)23-25-20(16-32-23)15-31-24(27)19-11-13-26(14-12-19)33(28,29)22-9-7-21(30-2)8-10-22/h3-10,16,19H,11-15H2,1-2H3. The smallest absolute Gasteiger partial charge is 0.309 e. The zero-order chi connectivity index (χ0) is 23.4. The molecule has 7 nitrogen and oxygen atoms in total. The molecule has 1 aromatic heterocycles. The number of ether oxygens (including phenoxy) is 2. The van der Waals surface area contributed by atoms with E-state index >= 15 is 0 Å². The summed E-state index contributed by atoms with van der Waals surface area (Å²) in [5.41, 5.74) is 2.93. The lowest BCUT2D eigenvalue weighted by molar-refractivity contribution is -0.151. The van der Waals surface area contributed by atoms with E-state index in [1.807, 2.05) is 36.6 Å². The SMILES string of the molecule is COc1ccc(S(=O)(=O)N2CCC(C(=O)OCc3csc(-c4ccc(C)cc4)n3)CC2)cc1. The second-order valence-corrected chi connectivity index (χ2v) is 10.8. The lowest BCUT2D eigenvalue weighted by Gasteiger charge is -2.30. The molecule has 9 heteroatoms. The molecular formula is C24H26N2O5S2. The molecule has 0 aliphatic carbocycles. The molecular weight excluding hydrogens is 460 g/mol. The van der Waals surface area contributed by atoms with Crippen LogP contribution in [0.4, 0.5) is 0 Å². The normalized spacial score (nSPS) is 15.3. The van der Waals surface area contributed by atoms with Gasteiger partial charge in [-0.3, -0.25) is 4.79 Å². The van der Waals surface area contributed by atoms with Crippen molar-refractivity contribution < 1.29 is 22.7 Å². The highest BCUT2D eigenvalue weighted by Gasteiger charge is 2.32. The molecule has 1 fully saturated rings. The average Bonchev–Trinajstić information content (AvgIpc) is 3.32. The van der Waals surface area contributed by atoms with Gasteiger partial charge in [0.2, 0.25) is 10.0 Å². The Morgan fingerprint density at radius 1 is 1.09 bits per heavy atom. The first kappa shape index (κ1) is 23.4. The lowest BCUT2D eigenvalue weighted by atomic mass is 9.98. The first-order chi connectivity index (χ1) is 15.9. The van der Waals surface area contributed by atoms with E-state index in [1.54, 1.807) is 12.1 Å². The Hall–Kier alpha value is -2.75. The Kier molecular flexibility index (Phi) is 7.11. The van der Waals surface area contributed by atoms with Crippen LogP contribution >= 0.6 is 11.3 Å². The molecule has 0 saturated carbocycles. The maximum absolute atomic E-state index is 12.9. The average molecular weight is 487 g/mol. The van der Waals surface area contributed by atoms with Crippen LogP contribution in [0.15, 0.2) is 58.8 Å². The van der Waals surface area contributed by atoms with Gasteiger partial charge in [0.25, 0.3) is 0 Å². The van der Waals surface area contributed by atoms with Crippen LogP contribution in [-0.2, 0) is 26.2 Å². The van der Waals surface area contributed by atoms with Gasteiger partial charge in [-0.25, -0.2) is 13.4 Å². The van der Waals surface area contributed by atoms with Crippen molar-refractivity contribution in [1.29, 1.82) is 0 Å². The molecule has 0 amide bonds. The first-order valence-electron chi connectivity index (χ1n) is 10.7. The van der Waals surface area contributed by atoms with E-state index in [2.05, 4.69) is 4.98 Å². The summed E-state index contributed by atoms with van der Waals surface area (Å²) in [4.78, 5) is 17.3. The minimum absolute atomic E-state index is 0.117. The van der Waals surface area contributed by atoms with Crippen LogP contribution in [0.25, 0.3) is 10.6 Å². The molecule has 1 saturated heterocycles. The van der Waals surface area contributed by atoms with E-state index in [1.165, 1.54) is 40.4 Å². The molecule has 0 bridgehead atoms. The van der Waals surface area contributed by atoms with Crippen LogP contribution in [0.3, 0.4) is 0 Å². The molecule has 1 aliphatic heterocycles. The van der Waals surface area contributed by atoms with Gasteiger partial charge in [0.1, 0.15) is 17.4 Å². The van der Waals surface area contributed by atoms with Gasteiger partial charge in [-0.15, -0.1) is 11.3 Å². The fourth-order valence-electron chi connectivity index (χ4n) is 3.69. The number of piperidine rings is 1. The number of thiazole rings is 1. The quantitative estimate of drug-likeness (QED) is 0.464. The highest BCUT2D eigenvalue weighted by atomic mass is 32.2. The summed E-state index contributed by atoms with van der Waals surface area (Å²) in [6.45, 7) is 2.71. The van der Waals surface area contributed by atoms with Gasteiger partial charge in [0.05, 0.1) is 23.6 Å². The zero-order valence-electron chi connectivity index (χ0n) is 18.6. The van der Waals surface area contributed by atoms with Gasteiger partial charge in [-0.1, -0.05) is 29.8 Å². The minimum atomic E-state index is -3.60. The topological polar surface area (TPSA) is 85.8 Å². The van der Waals surface area contributed by atoms with Crippen molar-refractivity contribution >= 4 is 27.3 Å². The summed E-state index contributed by atoms with van der Waals surface area (Å²) < 4.78 is 37.7. The number of rotatable bonds is 7. The van der Waals surface area contributed by atoms with E-state index in [0.29, 0.717) is 24.3 Å². The van der Waals surface area contributed by atoms with Crippen molar-refractivity contribution in [1.82, 2.24) is 9.29 Å². The maximum atomic E-state index is 12.9. The van der Waals surface area contributed by atoms with Gasteiger partial charge in [0.15, 0.2) is 0 Å². The number of methoxy groups -OCH3 is 1. The fourth-order valence-corrected chi connectivity index (χ4v) is 5.97. The first-order valence-corrected chi connectivity index (χ1v) is 13.0. The van der Waals surface area contributed by atoms with Crippen molar-refractivity contribution in [3.63, 3.8) is 0 Å². The van der Waals surface area contributed by atoms with Crippen LogP contribution in [0, 0.1) is 12.8 Å². The van der Waals surface area contributed by atoms with Crippen molar-refractivity contribution in [3.05, 3.63) is 65.2 Å². The van der Waals surface area contributed by atoms with Crippen molar-refractivity contribution in [2.75, 3.05) is 20.2 Å². The number of aryl methyl sites for hydroxylation is 1. The third kappa shape index (κ3) is 5.43. The number of carbonyl (C=O) groups is 1. The van der Waals surface area contributed by atoms with Gasteiger partial charge in [0, 0.05) is 24.0 Å². The summed E-state index contributed by atoms with van der Waals surface area (Å²) in [6, 6.07) is 14.4. The Morgan fingerprint density at radius 3 is 2.39 bits per heavy atom. The molecule has 1 aliphatic rings. The van der Waals surface area contributed by atoms with Crippen LogP contribution in [0.5, 0.6) is 5.75 Å². The van der Waals surface area contributed by atoms with Crippen LogP contribution in [-0.4, -0.2) is 43.9 Å². The monoisotopic (exact) mass is 486 g/mol. The highest BCUT2D eigenvalue weighted by molar-refractivity contribution is 7.89. The Labute approximate surface area is 198 Å². The summed E-state index contributed by atoms with van der Waals surface area (Å²) >= 11 is 1.52. The third-order valence-electron chi connectivity index (χ3n) is 5.70. The fraction of sp³-hybridized carbons (Fsp3) is 0.333. The van der Waals surface area contributed by atoms with Gasteiger partial charge in [-0.2, -0.15) is 4.31 Å². The number of hydrogen-bond donors (Lipinski definition) is 0. The van der Waals surface area contributed by atoms with E-state index in [0.717, 1.165) is 10.6 Å². The zero-order valence-corrected chi connectivity index (χ0v) is 20.2. The number of benzene rings is 2. The summed E-state index contributed by atoms with van der Waals surface area (Å²) in [5.74, 6) is -0.0228. The minimum Gasteiger partial charge on any atom is -0.497 e. The second kappa shape index (κ2) is 10.0. The molecule has 2 aromatic carbocycles. The van der Waals surface area contributed by atoms with Crippen LogP contribution in [0.2, 0.25) is 0 Å². The largest absolute Gasteiger partial charge is 0.497 e. The number of nitrogens with zero attached hydrogens (tertiary/aromatic N) is 2. The molecule has 174 valence electrons. The Bertz CT molecular complexity index is 1200. The van der Waals surface area contributed by atoms with Crippen LogP contribution in [0.1, 0.15) is 24.1 Å². The van der Waals surface area contributed by atoms with Gasteiger partial charge < -0.3 is 9.47 Å².